The lowest BCUT2D eigenvalue weighted by atomic mass is 9.90. The van der Waals surface area contributed by atoms with E-state index < -0.39 is 0 Å². The third-order valence-corrected chi connectivity index (χ3v) is 4.71. The first-order chi connectivity index (χ1) is 7.30. The molecule has 0 amide bonds. The molecule has 1 nitrogen and oxygen atoms in total. The van der Waals surface area contributed by atoms with E-state index in [9.17, 15) is 0 Å². The number of benzene rings is 1. The van der Waals surface area contributed by atoms with E-state index in [0.717, 1.165) is 5.92 Å². The van der Waals surface area contributed by atoms with Crippen molar-refractivity contribution in [3.8, 4) is 0 Å². The number of hydrogen-bond donors (Lipinski definition) is 1. The molecule has 0 radical (unpaired) electrons. The Labute approximate surface area is 105 Å². The van der Waals surface area contributed by atoms with Gasteiger partial charge in [-0.15, -0.1) is 0 Å². The molecule has 15 heavy (non-hydrogen) atoms. The van der Waals surface area contributed by atoms with Crippen LogP contribution in [0.3, 0.4) is 0 Å². The van der Waals surface area contributed by atoms with E-state index in [-0.39, 0.29) is 0 Å². The van der Waals surface area contributed by atoms with Crippen molar-refractivity contribution in [2.45, 2.75) is 25.2 Å². The summed E-state index contributed by atoms with van der Waals surface area (Å²) in [6.45, 7) is 2.45. The zero-order valence-corrected chi connectivity index (χ0v) is 11.0. The van der Waals surface area contributed by atoms with E-state index in [4.69, 9.17) is 0 Å². The van der Waals surface area contributed by atoms with Crippen molar-refractivity contribution in [2.75, 3.05) is 13.1 Å². The van der Waals surface area contributed by atoms with Gasteiger partial charge in [-0.1, -0.05) is 12.1 Å². The van der Waals surface area contributed by atoms with E-state index in [0.29, 0.717) is 5.41 Å². The maximum Gasteiger partial charge on any atom is 0.0133 e. The normalized spacial score (nSPS) is 27.9. The molecule has 1 aromatic rings. The van der Waals surface area contributed by atoms with E-state index in [2.05, 4.69) is 52.2 Å². The summed E-state index contributed by atoms with van der Waals surface area (Å²) >= 11 is 2.41. The van der Waals surface area contributed by atoms with Gasteiger partial charge < -0.3 is 5.32 Å². The van der Waals surface area contributed by atoms with Crippen molar-refractivity contribution in [3.05, 3.63) is 33.4 Å². The maximum absolute atomic E-state index is 3.46. The van der Waals surface area contributed by atoms with E-state index >= 15 is 0 Å². The van der Waals surface area contributed by atoms with Gasteiger partial charge in [0.05, 0.1) is 0 Å². The van der Waals surface area contributed by atoms with Gasteiger partial charge in [0.25, 0.3) is 0 Å². The van der Waals surface area contributed by atoms with Gasteiger partial charge in [-0.3, -0.25) is 0 Å². The summed E-state index contributed by atoms with van der Waals surface area (Å²) in [6.07, 6.45) is 4.18. The number of halogens is 1. The van der Waals surface area contributed by atoms with Crippen LogP contribution in [0.1, 0.15) is 30.7 Å². The van der Waals surface area contributed by atoms with Crippen LogP contribution < -0.4 is 5.32 Å². The second kappa shape index (κ2) is 3.74. The molecule has 1 aliphatic heterocycles. The van der Waals surface area contributed by atoms with Gasteiger partial charge >= 0.3 is 0 Å². The minimum Gasteiger partial charge on any atom is -0.317 e. The lowest BCUT2D eigenvalue weighted by molar-refractivity contribution is 0.342. The molecule has 1 aliphatic carbocycles. The fourth-order valence-corrected chi connectivity index (χ4v) is 3.59. The second-order valence-electron chi connectivity index (χ2n) is 4.92. The zero-order valence-electron chi connectivity index (χ0n) is 8.80. The summed E-state index contributed by atoms with van der Waals surface area (Å²) in [7, 11) is 0. The van der Waals surface area contributed by atoms with Gasteiger partial charge in [0.1, 0.15) is 0 Å². The SMILES string of the molecule is Ic1cccc(C2CC23CCNCC3)c1. The van der Waals surface area contributed by atoms with Crippen molar-refractivity contribution in [3.63, 3.8) is 0 Å². The van der Waals surface area contributed by atoms with Crippen LogP contribution in [-0.4, -0.2) is 13.1 Å². The molecule has 1 saturated carbocycles. The summed E-state index contributed by atoms with van der Waals surface area (Å²) in [5.41, 5.74) is 2.25. The molecule has 1 heterocycles. The molecule has 1 atom stereocenters. The van der Waals surface area contributed by atoms with Crippen LogP contribution in [0.5, 0.6) is 0 Å². The molecular formula is C13H16IN. The number of rotatable bonds is 1. The Bertz CT molecular complexity index is 369. The highest BCUT2D eigenvalue weighted by molar-refractivity contribution is 14.1. The van der Waals surface area contributed by atoms with Gasteiger partial charge in [0.2, 0.25) is 0 Å². The van der Waals surface area contributed by atoms with Gasteiger partial charge in [-0.05, 0) is 84.0 Å². The summed E-state index contributed by atoms with van der Waals surface area (Å²) in [5.74, 6) is 0.856. The first-order valence-electron chi connectivity index (χ1n) is 5.76. The quantitative estimate of drug-likeness (QED) is 0.786. The highest BCUT2D eigenvalue weighted by Crippen LogP contribution is 2.64. The monoisotopic (exact) mass is 313 g/mol. The Kier molecular flexibility index (Phi) is 2.51. The average Bonchev–Trinajstić information content (AvgIpc) is 2.93. The molecule has 1 spiro atoms. The van der Waals surface area contributed by atoms with Crippen LogP contribution in [0.25, 0.3) is 0 Å². The summed E-state index contributed by atoms with van der Waals surface area (Å²) < 4.78 is 1.38. The number of nitrogens with one attached hydrogen (secondary N) is 1. The van der Waals surface area contributed by atoms with Crippen LogP contribution in [-0.2, 0) is 0 Å². The van der Waals surface area contributed by atoms with E-state index in [1.807, 2.05) is 0 Å². The highest BCUT2D eigenvalue weighted by atomic mass is 127. The Balaban J connectivity index is 1.80. The zero-order chi connectivity index (χ0) is 10.3. The van der Waals surface area contributed by atoms with Crippen LogP contribution >= 0.6 is 22.6 Å². The van der Waals surface area contributed by atoms with E-state index in [1.165, 1.54) is 35.9 Å². The average molecular weight is 313 g/mol. The first-order valence-corrected chi connectivity index (χ1v) is 6.84. The van der Waals surface area contributed by atoms with Crippen molar-refractivity contribution >= 4 is 22.6 Å². The van der Waals surface area contributed by atoms with Crippen LogP contribution in [0.2, 0.25) is 0 Å². The van der Waals surface area contributed by atoms with Crippen LogP contribution in [0, 0.1) is 8.99 Å². The fraction of sp³-hybridized carbons (Fsp3) is 0.538. The Hall–Kier alpha value is -0.0900. The third-order valence-electron chi connectivity index (χ3n) is 4.04. The minimum absolute atomic E-state index is 0.676. The Morgan fingerprint density at radius 1 is 1.27 bits per heavy atom. The lowest BCUT2D eigenvalue weighted by Gasteiger charge is -2.23. The third kappa shape index (κ3) is 1.82. The largest absolute Gasteiger partial charge is 0.317 e. The Morgan fingerprint density at radius 2 is 2.07 bits per heavy atom. The minimum atomic E-state index is 0.676. The van der Waals surface area contributed by atoms with Crippen molar-refractivity contribution in [1.82, 2.24) is 5.32 Å². The Morgan fingerprint density at radius 3 is 2.80 bits per heavy atom. The molecule has 2 aliphatic rings. The molecule has 0 bridgehead atoms. The van der Waals surface area contributed by atoms with Gasteiger partial charge in [-0.25, -0.2) is 0 Å². The summed E-state index contributed by atoms with van der Waals surface area (Å²) in [4.78, 5) is 0. The molecule has 2 heteroatoms. The van der Waals surface area contributed by atoms with Gasteiger partial charge in [-0.2, -0.15) is 0 Å². The molecule has 1 aromatic carbocycles. The predicted octanol–water partition coefficient (Wildman–Crippen LogP) is 3.15. The summed E-state index contributed by atoms with van der Waals surface area (Å²) in [5, 5.41) is 3.46. The van der Waals surface area contributed by atoms with Crippen molar-refractivity contribution in [2.24, 2.45) is 5.41 Å². The fourth-order valence-electron chi connectivity index (χ4n) is 3.02. The second-order valence-corrected chi connectivity index (χ2v) is 6.17. The standard InChI is InChI=1S/C13H16IN/c14-11-3-1-2-10(8-11)12-9-13(12)4-6-15-7-5-13/h1-3,8,12,15H,4-7,9H2. The summed E-state index contributed by atoms with van der Waals surface area (Å²) in [6, 6.07) is 9.05. The maximum atomic E-state index is 3.46. The van der Waals surface area contributed by atoms with Crippen molar-refractivity contribution < 1.29 is 0 Å². The molecular weight excluding hydrogens is 297 g/mol. The predicted molar refractivity (Wildman–Crippen MR) is 71.1 cm³/mol. The van der Waals surface area contributed by atoms with Crippen molar-refractivity contribution in [1.29, 1.82) is 0 Å². The molecule has 2 fully saturated rings. The molecule has 0 aromatic heterocycles. The number of hydrogen-bond acceptors (Lipinski definition) is 1. The molecule has 1 unspecified atom stereocenters. The number of piperidine rings is 1. The smallest absolute Gasteiger partial charge is 0.0133 e. The van der Waals surface area contributed by atoms with E-state index in [1.54, 1.807) is 5.56 Å². The first kappa shape index (κ1) is 10.1. The lowest BCUT2D eigenvalue weighted by Crippen LogP contribution is -2.29. The molecule has 80 valence electrons. The molecule has 1 N–H and O–H groups in total. The molecule has 1 saturated heterocycles. The topological polar surface area (TPSA) is 12.0 Å². The highest BCUT2D eigenvalue weighted by Gasteiger charge is 2.54. The van der Waals surface area contributed by atoms with Crippen LogP contribution in [0.15, 0.2) is 24.3 Å². The molecule has 3 rings (SSSR count). The van der Waals surface area contributed by atoms with Crippen LogP contribution in [0.4, 0.5) is 0 Å². The van der Waals surface area contributed by atoms with Gasteiger partial charge in [0.15, 0.2) is 0 Å². The van der Waals surface area contributed by atoms with Gasteiger partial charge in [0, 0.05) is 3.57 Å².